The molecule has 0 amide bonds. The Morgan fingerprint density at radius 3 is 2.42 bits per heavy atom. The van der Waals surface area contributed by atoms with Gasteiger partial charge >= 0.3 is 0 Å². The van der Waals surface area contributed by atoms with Gasteiger partial charge in [-0.3, -0.25) is 9.36 Å². The van der Waals surface area contributed by atoms with Gasteiger partial charge in [-0.25, -0.2) is 4.68 Å². The van der Waals surface area contributed by atoms with E-state index in [-0.39, 0.29) is 5.43 Å². The van der Waals surface area contributed by atoms with Crippen LogP contribution in [0.15, 0.2) is 65.5 Å². The van der Waals surface area contributed by atoms with Gasteiger partial charge in [0.15, 0.2) is 11.2 Å². The highest BCUT2D eigenvalue weighted by atomic mass is 16.1. The van der Waals surface area contributed by atoms with E-state index < -0.39 is 0 Å². The molecular formula is C21H18N4O. The Morgan fingerprint density at radius 2 is 1.65 bits per heavy atom. The molecule has 0 aliphatic heterocycles. The van der Waals surface area contributed by atoms with Gasteiger partial charge in [-0.15, -0.1) is 5.10 Å². The van der Waals surface area contributed by atoms with Crippen molar-refractivity contribution in [2.24, 2.45) is 0 Å². The molecule has 0 saturated heterocycles. The minimum atomic E-state index is 0.0407. The van der Waals surface area contributed by atoms with E-state index in [0.717, 1.165) is 47.4 Å². The largest absolute Gasteiger partial charge is 0.297 e. The minimum absolute atomic E-state index is 0.0407. The Hall–Kier alpha value is -3.21. The third-order valence-corrected chi connectivity index (χ3v) is 5.06. The van der Waals surface area contributed by atoms with E-state index in [2.05, 4.69) is 39.1 Å². The normalized spacial score (nSPS) is 13.2. The van der Waals surface area contributed by atoms with Crippen LogP contribution < -0.4 is 5.43 Å². The molecule has 2 aromatic carbocycles. The summed E-state index contributed by atoms with van der Waals surface area (Å²) in [6.45, 7) is 0.586. The Bertz CT molecular complexity index is 1140. The monoisotopic (exact) mass is 342 g/mol. The standard InChI is InChI=1S/C21H18N4O/c26-20-17-12-7-13-18(17)25(16-10-5-2-6-11-16)21-19(20)22-23-24(21)14-15-8-3-1-4-9-15/h1-6,8-11H,7,12-14H2. The van der Waals surface area contributed by atoms with Crippen LogP contribution in [0, 0.1) is 0 Å². The number of aromatic nitrogens is 4. The molecule has 2 aromatic heterocycles. The molecule has 5 nitrogen and oxygen atoms in total. The van der Waals surface area contributed by atoms with Gasteiger partial charge in [-0.2, -0.15) is 0 Å². The zero-order valence-corrected chi connectivity index (χ0v) is 14.3. The van der Waals surface area contributed by atoms with Crippen molar-refractivity contribution in [2.45, 2.75) is 25.8 Å². The second-order valence-corrected chi connectivity index (χ2v) is 6.68. The number of benzene rings is 2. The summed E-state index contributed by atoms with van der Waals surface area (Å²) in [6.07, 6.45) is 2.74. The van der Waals surface area contributed by atoms with Gasteiger partial charge in [0.1, 0.15) is 0 Å². The highest BCUT2D eigenvalue weighted by molar-refractivity contribution is 5.75. The summed E-state index contributed by atoms with van der Waals surface area (Å²) in [7, 11) is 0. The van der Waals surface area contributed by atoms with Crippen LogP contribution in [-0.4, -0.2) is 19.6 Å². The first-order chi connectivity index (χ1) is 12.8. The molecule has 1 aliphatic rings. The molecule has 0 N–H and O–H groups in total. The Morgan fingerprint density at radius 1 is 0.923 bits per heavy atom. The van der Waals surface area contributed by atoms with Crippen LogP contribution in [0.5, 0.6) is 0 Å². The fourth-order valence-electron chi connectivity index (χ4n) is 3.88. The Kier molecular flexibility index (Phi) is 3.45. The maximum Gasteiger partial charge on any atom is 0.214 e. The number of hydrogen-bond acceptors (Lipinski definition) is 3. The first-order valence-electron chi connectivity index (χ1n) is 8.92. The van der Waals surface area contributed by atoms with E-state index in [1.165, 1.54) is 0 Å². The van der Waals surface area contributed by atoms with Crippen LogP contribution in [0.3, 0.4) is 0 Å². The molecular weight excluding hydrogens is 324 g/mol. The van der Waals surface area contributed by atoms with Crippen molar-refractivity contribution in [3.63, 3.8) is 0 Å². The fraction of sp³-hybridized carbons (Fsp3) is 0.190. The maximum absolute atomic E-state index is 12.9. The molecule has 0 unspecified atom stereocenters. The summed E-state index contributed by atoms with van der Waals surface area (Å²) in [5.41, 5.74) is 5.47. The molecule has 5 heteroatoms. The molecule has 0 atom stereocenters. The molecule has 26 heavy (non-hydrogen) atoms. The average Bonchev–Trinajstić information content (AvgIpc) is 3.32. The smallest absolute Gasteiger partial charge is 0.214 e. The lowest BCUT2D eigenvalue weighted by Gasteiger charge is -2.16. The first-order valence-corrected chi connectivity index (χ1v) is 8.92. The van der Waals surface area contributed by atoms with Crippen LogP contribution >= 0.6 is 0 Å². The van der Waals surface area contributed by atoms with Gasteiger partial charge in [-0.05, 0) is 37.0 Å². The summed E-state index contributed by atoms with van der Waals surface area (Å²) in [5, 5.41) is 8.58. The molecule has 128 valence electrons. The molecule has 0 fully saturated rings. The highest BCUT2D eigenvalue weighted by Crippen LogP contribution is 2.27. The van der Waals surface area contributed by atoms with E-state index in [0.29, 0.717) is 12.1 Å². The molecule has 4 aromatic rings. The second-order valence-electron chi connectivity index (χ2n) is 6.68. The minimum Gasteiger partial charge on any atom is -0.297 e. The SMILES string of the molecule is O=c1c2c(n(-c3ccccc3)c3c1nnn3Cc1ccccc1)CCC2. The van der Waals surface area contributed by atoms with Crippen molar-refractivity contribution in [1.29, 1.82) is 0 Å². The predicted molar refractivity (Wildman–Crippen MR) is 101 cm³/mol. The number of hydrogen-bond donors (Lipinski definition) is 0. The van der Waals surface area contributed by atoms with Crippen molar-refractivity contribution < 1.29 is 0 Å². The van der Waals surface area contributed by atoms with Crippen molar-refractivity contribution in [1.82, 2.24) is 19.6 Å². The predicted octanol–water partition coefficient (Wildman–Crippen LogP) is 3.12. The van der Waals surface area contributed by atoms with Crippen molar-refractivity contribution in [3.05, 3.63) is 87.7 Å². The highest BCUT2D eigenvalue weighted by Gasteiger charge is 2.25. The second kappa shape index (κ2) is 5.95. The molecule has 0 radical (unpaired) electrons. The average molecular weight is 342 g/mol. The lowest BCUT2D eigenvalue weighted by atomic mass is 10.1. The van der Waals surface area contributed by atoms with Crippen molar-refractivity contribution in [2.75, 3.05) is 0 Å². The van der Waals surface area contributed by atoms with Crippen molar-refractivity contribution >= 4 is 11.2 Å². The van der Waals surface area contributed by atoms with E-state index in [1.807, 2.05) is 41.1 Å². The maximum atomic E-state index is 12.9. The zero-order chi connectivity index (χ0) is 17.5. The van der Waals surface area contributed by atoms with Crippen LogP contribution in [-0.2, 0) is 19.4 Å². The Labute approximate surface area is 150 Å². The first kappa shape index (κ1) is 15.1. The van der Waals surface area contributed by atoms with Crippen LogP contribution in [0.25, 0.3) is 16.9 Å². The van der Waals surface area contributed by atoms with Gasteiger partial charge in [0.05, 0.1) is 6.54 Å². The summed E-state index contributed by atoms with van der Waals surface area (Å²) < 4.78 is 4.03. The Balaban J connectivity index is 1.82. The summed E-state index contributed by atoms with van der Waals surface area (Å²) >= 11 is 0. The van der Waals surface area contributed by atoms with Crippen molar-refractivity contribution in [3.8, 4) is 5.69 Å². The molecule has 5 rings (SSSR count). The van der Waals surface area contributed by atoms with E-state index in [4.69, 9.17) is 0 Å². The third kappa shape index (κ3) is 2.28. The van der Waals surface area contributed by atoms with Crippen LogP contribution in [0.2, 0.25) is 0 Å². The van der Waals surface area contributed by atoms with E-state index >= 15 is 0 Å². The molecule has 0 bridgehead atoms. The zero-order valence-electron chi connectivity index (χ0n) is 14.3. The van der Waals surface area contributed by atoms with Gasteiger partial charge in [0, 0.05) is 16.9 Å². The van der Waals surface area contributed by atoms with Gasteiger partial charge in [0.2, 0.25) is 5.43 Å². The van der Waals surface area contributed by atoms with Gasteiger partial charge in [-0.1, -0.05) is 53.7 Å². The number of nitrogens with zero attached hydrogens (tertiary/aromatic N) is 4. The van der Waals surface area contributed by atoms with Crippen LogP contribution in [0.1, 0.15) is 23.2 Å². The molecule has 0 saturated carbocycles. The topological polar surface area (TPSA) is 52.7 Å². The molecule has 1 aliphatic carbocycles. The number of pyridine rings is 1. The summed E-state index contributed by atoms with van der Waals surface area (Å²) in [5.74, 6) is 0. The number of fused-ring (bicyclic) bond motifs is 2. The summed E-state index contributed by atoms with van der Waals surface area (Å²) in [6, 6.07) is 20.3. The van der Waals surface area contributed by atoms with Crippen LogP contribution in [0.4, 0.5) is 0 Å². The lowest BCUT2D eigenvalue weighted by molar-refractivity contribution is 0.656. The van der Waals surface area contributed by atoms with E-state index in [1.54, 1.807) is 0 Å². The van der Waals surface area contributed by atoms with Gasteiger partial charge in [0.25, 0.3) is 0 Å². The quantitative estimate of drug-likeness (QED) is 0.575. The fourth-order valence-corrected chi connectivity index (χ4v) is 3.88. The lowest BCUT2D eigenvalue weighted by Crippen LogP contribution is -2.18. The summed E-state index contributed by atoms with van der Waals surface area (Å²) in [4.78, 5) is 12.9. The molecule has 2 heterocycles. The number of para-hydroxylation sites is 1. The van der Waals surface area contributed by atoms with Gasteiger partial charge < -0.3 is 0 Å². The number of rotatable bonds is 3. The molecule has 0 spiro atoms. The van der Waals surface area contributed by atoms with E-state index in [9.17, 15) is 4.79 Å². The third-order valence-electron chi connectivity index (χ3n) is 5.06.